The van der Waals surface area contributed by atoms with Gasteiger partial charge in [0.15, 0.2) is 0 Å². The molecule has 2 rings (SSSR count). The molecule has 0 radical (unpaired) electrons. The van der Waals surface area contributed by atoms with Crippen molar-refractivity contribution in [3.8, 4) is 0 Å². The molecule has 0 aliphatic heterocycles. The number of rotatable bonds is 6. The van der Waals surface area contributed by atoms with Crippen molar-refractivity contribution >= 4 is 0 Å². The first-order chi connectivity index (χ1) is 9.94. The van der Waals surface area contributed by atoms with E-state index < -0.39 is 0 Å². The maximum atomic E-state index is 4.51. The van der Waals surface area contributed by atoms with Crippen molar-refractivity contribution in [3.63, 3.8) is 0 Å². The zero-order valence-electron chi connectivity index (χ0n) is 14.6. The number of nitrogens with one attached hydrogen (secondary N) is 1. The van der Waals surface area contributed by atoms with Gasteiger partial charge in [0, 0.05) is 25.2 Å². The smallest absolute Gasteiger partial charge is 0.0596 e. The van der Waals surface area contributed by atoms with Gasteiger partial charge in [0.1, 0.15) is 0 Å². The van der Waals surface area contributed by atoms with Gasteiger partial charge in [-0.05, 0) is 50.1 Å². The first kappa shape index (κ1) is 16.5. The molecule has 3 nitrogen and oxygen atoms in total. The zero-order chi connectivity index (χ0) is 15.5. The van der Waals surface area contributed by atoms with E-state index in [1.807, 2.05) is 0 Å². The Labute approximate surface area is 130 Å². The molecule has 1 aromatic rings. The van der Waals surface area contributed by atoms with Crippen molar-refractivity contribution < 1.29 is 0 Å². The number of hydrogen-bond donors (Lipinski definition) is 1. The van der Waals surface area contributed by atoms with Crippen molar-refractivity contribution in [2.24, 2.45) is 18.4 Å². The largest absolute Gasteiger partial charge is 0.313 e. The van der Waals surface area contributed by atoms with Crippen molar-refractivity contribution in [2.75, 3.05) is 6.54 Å². The van der Waals surface area contributed by atoms with Gasteiger partial charge in [-0.15, -0.1) is 0 Å². The van der Waals surface area contributed by atoms with E-state index in [0.717, 1.165) is 24.6 Å². The van der Waals surface area contributed by atoms with E-state index >= 15 is 0 Å². The van der Waals surface area contributed by atoms with Gasteiger partial charge in [0.25, 0.3) is 0 Å². The van der Waals surface area contributed by atoms with Crippen LogP contribution < -0.4 is 5.32 Å². The lowest BCUT2D eigenvalue weighted by Crippen LogP contribution is -2.46. The molecule has 3 heteroatoms. The third kappa shape index (κ3) is 4.09. The molecule has 1 aliphatic rings. The zero-order valence-corrected chi connectivity index (χ0v) is 14.6. The van der Waals surface area contributed by atoms with Crippen molar-refractivity contribution in [1.82, 2.24) is 15.1 Å². The molecule has 1 aliphatic carbocycles. The van der Waals surface area contributed by atoms with Crippen LogP contribution in [0.1, 0.15) is 64.3 Å². The van der Waals surface area contributed by atoms with Gasteiger partial charge in [-0.3, -0.25) is 4.68 Å². The van der Waals surface area contributed by atoms with E-state index in [2.05, 4.69) is 55.9 Å². The van der Waals surface area contributed by atoms with Gasteiger partial charge in [-0.1, -0.05) is 33.6 Å². The SMILES string of the molecule is CCCNC(Cc1cc(C)nn1C)C1CCCCC1(C)C. The summed E-state index contributed by atoms with van der Waals surface area (Å²) in [6, 6.07) is 2.83. The van der Waals surface area contributed by atoms with Gasteiger partial charge in [0.05, 0.1) is 5.69 Å². The minimum absolute atomic E-state index is 0.456. The number of aromatic nitrogens is 2. The Morgan fingerprint density at radius 2 is 2.19 bits per heavy atom. The quantitative estimate of drug-likeness (QED) is 0.862. The summed E-state index contributed by atoms with van der Waals surface area (Å²) in [4.78, 5) is 0. The number of aryl methyl sites for hydroxylation is 2. The molecule has 0 spiro atoms. The fourth-order valence-electron chi connectivity index (χ4n) is 4.03. The molecule has 1 fully saturated rings. The Hall–Kier alpha value is -0.830. The summed E-state index contributed by atoms with van der Waals surface area (Å²) in [5.74, 6) is 0.771. The van der Waals surface area contributed by atoms with Crippen LogP contribution in [0, 0.1) is 18.3 Å². The standard InChI is InChI=1S/C18H33N3/c1-6-11-19-17(13-15-12-14(2)20-21(15)5)16-9-7-8-10-18(16,3)4/h12,16-17,19H,6-11,13H2,1-5H3. The first-order valence-electron chi connectivity index (χ1n) is 8.67. The second kappa shape index (κ2) is 6.95. The molecule has 1 heterocycles. The van der Waals surface area contributed by atoms with E-state index in [-0.39, 0.29) is 0 Å². The lowest BCUT2D eigenvalue weighted by molar-refractivity contribution is 0.0974. The van der Waals surface area contributed by atoms with E-state index in [9.17, 15) is 0 Å². The van der Waals surface area contributed by atoms with Crippen molar-refractivity contribution in [1.29, 1.82) is 0 Å². The van der Waals surface area contributed by atoms with Crippen LogP contribution >= 0.6 is 0 Å². The van der Waals surface area contributed by atoms with Gasteiger partial charge >= 0.3 is 0 Å². The average molecular weight is 291 g/mol. The van der Waals surface area contributed by atoms with Gasteiger partial charge in [-0.25, -0.2) is 0 Å². The molecule has 0 aromatic carbocycles. The van der Waals surface area contributed by atoms with Crippen LogP contribution in [0.4, 0.5) is 0 Å². The highest BCUT2D eigenvalue weighted by molar-refractivity contribution is 5.11. The highest BCUT2D eigenvalue weighted by Gasteiger charge is 2.37. The molecule has 2 atom stereocenters. The normalized spacial score (nSPS) is 23.2. The Balaban J connectivity index is 2.15. The van der Waals surface area contributed by atoms with Crippen LogP contribution in [-0.4, -0.2) is 22.4 Å². The van der Waals surface area contributed by atoms with E-state index in [1.54, 1.807) is 0 Å². The molecule has 0 bridgehead atoms. The predicted molar refractivity (Wildman–Crippen MR) is 89.5 cm³/mol. The predicted octanol–water partition coefficient (Wildman–Crippen LogP) is 3.86. The van der Waals surface area contributed by atoms with E-state index in [0.29, 0.717) is 11.5 Å². The summed E-state index contributed by atoms with van der Waals surface area (Å²) in [6.07, 6.45) is 7.83. The third-order valence-corrected chi connectivity index (χ3v) is 5.26. The molecule has 1 saturated carbocycles. The maximum Gasteiger partial charge on any atom is 0.0596 e. The summed E-state index contributed by atoms with van der Waals surface area (Å²) in [5, 5.41) is 8.35. The molecule has 0 amide bonds. The Morgan fingerprint density at radius 1 is 1.43 bits per heavy atom. The Bertz CT molecular complexity index is 447. The summed E-state index contributed by atoms with van der Waals surface area (Å²) < 4.78 is 2.06. The van der Waals surface area contributed by atoms with Gasteiger partial charge in [-0.2, -0.15) is 5.10 Å². The maximum absolute atomic E-state index is 4.51. The van der Waals surface area contributed by atoms with E-state index in [1.165, 1.54) is 37.8 Å². The summed E-state index contributed by atoms with van der Waals surface area (Å²) >= 11 is 0. The summed E-state index contributed by atoms with van der Waals surface area (Å²) in [6.45, 7) is 10.4. The van der Waals surface area contributed by atoms with Crippen LogP contribution in [0.5, 0.6) is 0 Å². The van der Waals surface area contributed by atoms with Crippen LogP contribution in [0.15, 0.2) is 6.07 Å². The van der Waals surface area contributed by atoms with Crippen LogP contribution in [0.25, 0.3) is 0 Å². The fourth-order valence-corrected chi connectivity index (χ4v) is 4.03. The number of hydrogen-bond acceptors (Lipinski definition) is 2. The molecule has 21 heavy (non-hydrogen) atoms. The second-order valence-electron chi connectivity index (χ2n) is 7.51. The van der Waals surface area contributed by atoms with Crippen molar-refractivity contribution in [2.45, 2.75) is 72.3 Å². The van der Waals surface area contributed by atoms with E-state index in [4.69, 9.17) is 0 Å². The van der Waals surface area contributed by atoms with Crippen LogP contribution in [0.3, 0.4) is 0 Å². The molecule has 1 N–H and O–H groups in total. The minimum Gasteiger partial charge on any atom is -0.313 e. The molecule has 2 unspecified atom stereocenters. The van der Waals surface area contributed by atoms with Crippen LogP contribution in [-0.2, 0) is 13.5 Å². The molecule has 120 valence electrons. The third-order valence-electron chi connectivity index (χ3n) is 5.26. The topological polar surface area (TPSA) is 29.9 Å². The average Bonchev–Trinajstić information content (AvgIpc) is 2.72. The van der Waals surface area contributed by atoms with Gasteiger partial charge in [0.2, 0.25) is 0 Å². The summed E-state index contributed by atoms with van der Waals surface area (Å²) in [5.41, 5.74) is 2.95. The lowest BCUT2D eigenvalue weighted by atomic mass is 9.65. The van der Waals surface area contributed by atoms with Crippen molar-refractivity contribution in [3.05, 3.63) is 17.5 Å². The highest BCUT2D eigenvalue weighted by atomic mass is 15.3. The molecular formula is C18H33N3. The number of nitrogens with zero attached hydrogens (tertiary/aromatic N) is 2. The van der Waals surface area contributed by atoms with Gasteiger partial charge < -0.3 is 5.32 Å². The fraction of sp³-hybridized carbons (Fsp3) is 0.833. The Kier molecular flexibility index (Phi) is 5.48. The molecular weight excluding hydrogens is 258 g/mol. The lowest BCUT2D eigenvalue weighted by Gasteiger charge is -2.43. The summed E-state index contributed by atoms with van der Waals surface area (Å²) in [7, 11) is 2.07. The Morgan fingerprint density at radius 3 is 2.76 bits per heavy atom. The molecule has 0 saturated heterocycles. The first-order valence-corrected chi connectivity index (χ1v) is 8.67. The van der Waals surface area contributed by atoms with Crippen LogP contribution in [0.2, 0.25) is 0 Å². The second-order valence-corrected chi connectivity index (χ2v) is 7.51. The monoisotopic (exact) mass is 291 g/mol. The minimum atomic E-state index is 0.456. The molecule has 1 aromatic heterocycles. The highest BCUT2D eigenvalue weighted by Crippen LogP contribution is 2.43.